The number of urea groups is 1. The van der Waals surface area contributed by atoms with E-state index in [-0.39, 0.29) is 11.6 Å². The number of carbonyl (C=O) groups excluding carboxylic acids is 1. The first-order chi connectivity index (χ1) is 9.59. The lowest BCUT2D eigenvalue weighted by Gasteiger charge is -2.26. The van der Waals surface area contributed by atoms with E-state index in [1.165, 1.54) is 0 Å². The minimum Gasteiger partial charge on any atom is -0.478 e. The van der Waals surface area contributed by atoms with Gasteiger partial charge in [0.25, 0.3) is 0 Å². The van der Waals surface area contributed by atoms with Crippen molar-refractivity contribution in [3.05, 3.63) is 12.2 Å². The average Bonchev–Trinajstić information content (AvgIpc) is 2.44. The molecule has 0 unspecified atom stereocenters. The van der Waals surface area contributed by atoms with Gasteiger partial charge in [-0.25, -0.2) is 9.59 Å². The molecule has 0 radical (unpaired) electrons. The van der Waals surface area contributed by atoms with Crippen LogP contribution in [0.5, 0.6) is 0 Å². The third-order valence-electron chi connectivity index (χ3n) is 3.06. The molecular weight excluding hydrogens is 262 g/mol. The minimum atomic E-state index is -0.986. The molecule has 114 valence electrons. The Morgan fingerprint density at radius 2 is 1.85 bits per heavy atom. The van der Waals surface area contributed by atoms with Crippen molar-refractivity contribution >= 4 is 12.0 Å². The summed E-state index contributed by atoms with van der Waals surface area (Å²) in [4.78, 5) is 24.2. The van der Waals surface area contributed by atoms with Gasteiger partial charge in [-0.05, 0) is 12.8 Å². The molecule has 1 aliphatic heterocycles. The molecule has 0 bridgehead atoms. The van der Waals surface area contributed by atoms with Gasteiger partial charge < -0.3 is 20.5 Å². The number of aliphatic carboxylic acids is 1. The summed E-state index contributed by atoms with van der Waals surface area (Å²) in [7, 11) is 0. The number of carbonyl (C=O) groups is 2. The van der Waals surface area contributed by atoms with E-state index in [2.05, 4.69) is 22.1 Å². The van der Waals surface area contributed by atoms with Crippen LogP contribution in [0.3, 0.4) is 0 Å². The number of hydrogen-bond donors (Lipinski definition) is 3. The van der Waals surface area contributed by atoms with E-state index >= 15 is 0 Å². The van der Waals surface area contributed by atoms with Gasteiger partial charge in [0.05, 0.1) is 13.2 Å². The van der Waals surface area contributed by atoms with E-state index in [0.29, 0.717) is 25.9 Å². The molecule has 0 spiro atoms. The average molecular weight is 285 g/mol. The second-order valence-corrected chi connectivity index (χ2v) is 4.65. The van der Waals surface area contributed by atoms with Gasteiger partial charge in [0.2, 0.25) is 0 Å². The van der Waals surface area contributed by atoms with Gasteiger partial charge in [-0.2, -0.15) is 0 Å². The van der Waals surface area contributed by atoms with Gasteiger partial charge in [-0.1, -0.05) is 6.58 Å². The Balaban J connectivity index is 1.97. The molecule has 0 aromatic heterocycles. The summed E-state index contributed by atoms with van der Waals surface area (Å²) in [5.74, 6) is -0.986. The monoisotopic (exact) mass is 285 g/mol. The highest BCUT2D eigenvalue weighted by molar-refractivity contribution is 5.85. The zero-order valence-corrected chi connectivity index (χ0v) is 11.7. The van der Waals surface area contributed by atoms with Gasteiger partial charge in [0, 0.05) is 38.3 Å². The fraction of sp³-hybridized carbons (Fsp3) is 0.692. The Hall–Kier alpha value is -1.60. The smallest absolute Gasteiger partial charge is 0.330 e. The number of carboxylic acid groups (broad SMARTS) is 1. The molecule has 0 aromatic rings. The van der Waals surface area contributed by atoms with Crippen LogP contribution in [-0.2, 0) is 9.53 Å². The highest BCUT2D eigenvalue weighted by Crippen LogP contribution is 2.00. The molecule has 1 heterocycles. The molecular formula is C13H23N3O4. The van der Waals surface area contributed by atoms with Gasteiger partial charge >= 0.3 is 12.0 Å². The van der Waals surface area contributed by atoms with Crippen LogP contribution in [0.2, 0.25) is 0 Å². The molecule has 2 amide bonds. The summed E-state index contributed by atoms with van der Waals surface area (Å²) in [6, 6.07) is -0.223. The zero-order chi connectivity index (χ0) is 14.8. The highest BCUT2D eigenvalue weighted by atomic mass is 16.5. The molecule has 0 aliphatic carbocycles. The molecule has 3 N–H and O–H groups in total. The van der Waals surface area contributed by atoms with Crippen molar-refractivity contribution in [2.45, 2.75) is 12.8 Å². The van der Waals surface area contributed by atoms with Crippen molar-refractivity contribution in [3.63, 3.8) is 0 Å². The number of hydrogen-bond acceptors (Lipinski definition) is 4. The number of rotatable bonds is 8. The maximum absolute atomic E-state index is 11.5. The van der Waals surface area contributed by atoms with Gasteiger partial charge in [-0.3, -0.25) is 4.90 Å². The van der Waals surface area contributed by atoms with Crippen molar-refractivity contribution < 1.29 is 19.4 Å². The Morgan fingerprint density at radius 3 is 2.50 bits per heavy atom. The molecule has 7 nitrogen and oxygen atoms in total. The van der Waals surface area contributed by atoms with Gasteiger partial charge in [0.15, 0.2) is 0 Å². The number of amides is 2. The first-order valence-electron chi connectivity index (χ1n) is 6.82. The molecule has 1 rings (SSSR count). The number of nitrogens with zero attached hydrogens (tertiary/aromatic N) is 1. The summed E-state index contributed by atoms with van der Waals surface area (Å²) in [5, 5.41) is 14.1. The number of carboxylic acids is 1. The topological polar surface area (TPSA) is 90.9 Å². The summed E-state index contributed by atoms with van der Waals surface area (Å²) >= 11 is 0. The molecule has 1 fully saturated rings. The maximum atomic E-state index is 11.5. The van der Waals surface area contributed by atoms with Crippen molar-refractivity contribution in [1.82, 2.24) is 15.5 Å². The summed E-state index contributed by atoms with van der Waals surface area (Å²) in [5.41, 5.74) is 0.166. The van der Waals surface area contributed by atoms with Crippen LogP contribution in [0.15, 0.2) is 12.2 Å². The summed E-state index contributed by atoms with van der Waals surface area (Å²) < 4.78 is 5.24. The van der Waals surface area contributed by atoms with E-state index in [1.807, 2.05) is 0 Å². The lowest BCUT2D eigenvalue weighted by Crippen LogP contribution is -2.43. The SMILES string of the molecule is C=C(CCCNC(=O)NCCN1CCOCC1)C(=O)O. The largest absolute Gasteiger partial charge is 0.478 e. The molecule has 7 heteroatoms. The predicted octanol–water partition coefficient (Wildman–Crippen LogP) is 0.0388. The quantitative estimate of drug-likeness (QED) is 0.433. The van der Waals surface area contributed by atoms with Crippen LogP contribution in [0.1, 0.15) is 12.8 Å². The van der Waals surface area contributed by atoms with E-state index in [4.69, 9.17) is 9.84 Å². The second-order valence-electron chi connectivity index (χ2n) is 4.65. The Labute approximate surface area is 119 Å². The summed E-state index contributed by atoms with van der Waals surface area (Å²) in [6.45, 7) is 8.58. The normalized spacial score (nSPS) is 15.6. The molecule has 0 saturated carbocycles. The van der Waals surface area contributed by atoms with Crippen molar-refractivity contribution in [2.24, 2.45) is 0 Å². The zero-order valence-electron chi connectivity index (χ0n) is 11.7. The Bertz CT molecular complexity index is 341. The van der Waals surface area contributed by atoms with E-state index in [0.717, 1.165) is 32.8 Å². The number of nitrogens with one attached hydrogen (secondary N) is 2. The molecule has 1 saturated heterocycles. The first kappa shape index (κ1) is 16.5. The standard InChI is InChI=1S/C13H23N3O4/c1-11(12(17)18)3-2-4-14-13(19)15-5-6-16-7-9-20-10-8-16/h1-10H2,(H,17,18)(H2,14,15,19). The Kier molecular flexibility index (Phi) is 7.67. The van der Waals surface area contributed by atoms with Gasteiger partial charge in [-0.15, -0.1) is 0 Å². The van der Waals surface area contributed by atoms with Crippen molar-refractivity contribution in [3.8, 4) is 0 Å². The van der Waals surface area contributed by atoms with Crippen molar-refractivity contribution in [1.29, 1.82) is 0 Å². The highest BCUT2D eigenvalue weighted by Gasteiger charge is 2.10. The van der Waals surface area contributed by atoms with Crippen LogP contribution in [0.25, 0.3) is 0 Å². The second kappa shape index (κ2) is 9.33. The van der Waals surface area contributed by atoms with Crippen LogP contribution in [0.4, 0.5) is 4.79 Å². The van der Waals surface area contributed by atoms with E-state index in [9.17, 15) is 9.59 Å². The Morgan fingerprint density at radius 1 is 1.20 bits per heavy atom. The van der Waals surface area contributed by atoms with E-state index < -0.39 is 5.97 Å². The third-order valence-corrected chi connectivity index (χ3v) is 3.06. The van der Waals surface area contributed by atoms with Crippen LogP contribution in [0, 0.1) is 0 Å². The number of morpholine rings is 1. The maximum Gasteiger partial charge on any atom is 0.330 e. The molecule has 0 atom stereocenters. The molecule has 20 heavy (non-hydrogen) atoms. The molecule has 0 aromatic carbocycles. The van der Waals surface area contributed by atoms with Crippen LogP contribution >= 0.6 is 0 Å². The fourth-order valence-electron chi connectivity index (χ4n) is 1.83. The number of ether oxygens (including phenoxy) is 1. The summed E-state index contributed by atoms with van der Waals surface area (Å²) in [6.07, 6.45) is 0.950. The lowest BCUT2D eigenvalue weighted by molar-refractivity contribution is -0.132. The van der Waals surface area contributed by atoms with Gasteiger partial charge in [0.1, 0.15) is 0 Å². The van der Waals surface area contributed by atoms with Crippen molar-refractivity contribution in [2.75, 3.05) is 45.9 Å². The van der Waals surface area contributed by atoms with Crippen LogP contribution < -0.4 is 10.6 Å². The van der Waals surface area contributed by atoms with Crippen LogP contribution in [-0.4, -0.2) is 67.9 Å². The predicted molar refractivity (Wildman–Crippen MR) is 74.7 cm³/mol. The first-order valence-corrected chi connectivity index (χ1v) is 6.82. The van der Waals surface area contributed by atoms with E-state index in [1.54, 1.807) is 0 Å². The lowest BCUT2D eigenvalue weighted by atomic mass is 10.2. The molecule has 1 aliphatic rings. The minimum absolute atomic E-state index is 0.166. The third kappa shape index (κ3) is 7.10. The fourth-order valence-corrected chi connectivity index (χ4v) is 1.83.